The van der Waals surface area contributed by atoms with Gasteiger partial charge in [0.25, 0.3) is 5.92 Å². The number of halogens is 2. The van der Waals surface area contributed by atoms with Crippen LogP contribution in [0.5, 0.6) is 0 Å². The second-order valence-corrected chi connectivity index (χ2v) is 6.28. The first-order chi connectivity index (χ1) is 9.98. The first-order valence-electron chi connectivity index (χ1n) is 7.76. The molecule has 1 saturated carbocycles. The molecule has 2 N–H and O–H groups in total. The van der Waals surface area contributed by atoms with Gasteiger partial charge in [-0.15, -0.1) is 10.2 Å². The summed E-state index contributed by atoms with van der Waals surface area (Å²) in [6.07, 6.45) is 1.82. The van der Waals surface area contributed by atoms with Gasteiger partial charge in [0.2, 0.25) is 0 Å². The summed E-state index contributed by atoms with van der Waals surface area (Å²) in [4.78, 5) is 2.05. The van der Waals surface area contributed by atoms with E-state index < -0.39 is 5.92 Å². The number of nitrogens with two attached hydrogens (primary N) is 1. The van der Waals surface area contributed by atoms with E-state index in [9.17, 15) is 8.78 Å². The number of likely N-dealkylation sites (tertiary alicyclic amines) is 1. The normalized spacial score (nSPS) is 29.3. The number of rotatable bonds is 4. The van der Waals surface area contributed by atoms with Crippen LogP contribution in [0.2, 0.25) is 0 Å². The van der Waals surface area contributed by atoms with Crippen molar-refractivity contribution in [3.63, 3.8) is 0 Å². The maximum Gasteiger partial charge on any atom is 0.250 e. The van der Waals surface area contributed by atoms with Crippen molar-refractivity contribution in [3.05, 3.63) is 11.6 Å². The van der Waals surface area contributed by atoms with Crippen LogP contribution < -0.4 is 5.73 Å². The van der Waals surface area contributed by atoms with Crippen molar-refractivity contribution in [2.45, 2.75) is 63.6 Å². The van der Waals surface area contributed by atoms with Gasteiger partial charge >= 0.3 is 0 Å². The van der Waals surface area contributed by atoms with Gasteiger partial charge in [0.1, 0.15) is 11.6 Å². The highest BCUT2D eigenvalue weighted by Crippen LogP contribution is 2.35. The topological polar surface area (TPSA) is 60.0 Å². The molecule has 1 aliphatic carbocycles. The molecule has 0 atom stereocenters. The third kappa shape index (κ3) is 3.08. The Morgan fingerprint density at radius 3 is 2.48 bits per heavy atom. The standard InChI is InChI=1S/C14H23F2N5/c1-2-21-12(9-20-5-3-14(15,16)4-6-20)18-19-13(21)10-7-11(17)8-10/h10-11H,2-9,17H2,1H3. The lowest BCUT2D eigenvalue weighted by atomic mass is 9.80. The highest BCUT2D eigenvalue weighted by molar-refractivity contribution is 5.08. The van der Waals surface area contributed by atoms with E-state index in [1.54, 1.807) is 0 Å². The number of aromatic nitrogens is 3. The smallest absolute Gasteiger partial charge is 0.250 e. The summed E-state index contributed by atoms with van der Waals surface area (Å²) < 4.78 is 28.5. The zero-order chi connectivity index (χ0) is 15.0. The van der Waals surface area contributed by atoms with Crippen molar-refractivity contribution in [3.8, 4) is 0 Å². The third-order valence-electron chi connectivity index (χ3n) is 4.66. The zero-order valence-electron chi connectivity index (χ0n) is 12.4. The van der Waals surface area contributed by atoms with Crippen molar-refractivity contribution in [2.75, 3.05) is 13.1 Å². The van der Waals surface area contributed by atoms with E-state index in [2.05, 4.69) is 21.7 Å². The van der Waals surface area contributed by atoms with Gasteiger partial charge in [-0.05, 0) is 19.8 Å². The molecule has 0 bridgehead atoms. The average Bonchev–Trinajstić information content (AvgIpc) is 2.80. The quantitative estimate of drug-likeness (QED) is 0.920. The van der Waals surface area contributed by atoms with E-state index in [0.717, 1.165) is 31.0 Å². The summed E-state index contributed by atoms with van der Waals surface area (Å²) in [6, 6.07) is 0.282. The van der Waals surface area contributed by atoms with Crippen molar-refractivity contribution < 1.29 is 8.78 Å². The Kier molecular flexibility index (Phi) is 3.96. The molecule has 2 heterocycles. The first kappa shape index (κ1) is 14.8. The second-order valence-electron chi connectivity index (χ2n) is 6.28. The maximum absolute atomic E-state index is 13.2. The van der Waals surface area contributed by atoms with E-state index in [1.165, 1.54) is 0 Å². The maximum atomic E-state index is 13.2. The molecule has 118 valence electrons. The lowest BCUT2D eigenvalue weighted by Crippen LogP contribution is -2.39. The van der Waals surface area contributed by atoms with Gasteiger partial charge in [-0.25, -0.2) is 8.78 Å². The van der Waals surface area contributed by atoms with Gasteiger partial charge < -0.3 is 10.3 Å². The van der Waals surface area contributed by atoms with Crippen LogP contribution >= 0.6 is 0 Å². The molecule has 1 saturated heterocycles. The van der Waals surface area contributed by atoms with Gasteiger partial charge in [-0.3, -0.25) is 4.90 Å². The predicted octanol–water partition coefficient (Wildman–Crippen LogP) is 1.73. The zero-order valence-corrected chi connectivity index (χ0v) is 12.4. The lowest BCUT2D eigenvalue weighted by molar-refractivity contribution is -0.0572. The van der Waals surface area contributed by atoms with Crippen LogP contribution in [-0.4, -0.2) is 44.7 Å². The summed E-state index contributed by atoms with van der Waals surface area (Å²) in [5.41, 5.74) is 5.84. The number of nitrogens with zero attached hydrogens (tertiary/aromatic N) is 4. The van der Waals surface area contributed by atoms with Crippen LogP contribution in [0.1, 0.15) is 50.2 Å². The van der Waals surface area contributed by atoms with E-state index in [0.29, 0.717) is 25.6 Å². The minimum Gasteiger partial charge on any atom is -0.328 e. The minimum atomic E-state index is -2.50. The Morgan fingerprint density at radius 1 is 1.24 bits per heavy atom. The molecule has 5 nitrogen and oxygen atoms in total. The molecule has 1 aromatic rings. The number of hydrogen-bond donors (Lipinski definition) is 1. The summed E-state index contributed by atoms with van der Waals surface area (Å²) in [6.45, 7) is 4.34. The minimum absolute atomic E-state index is 0.0579. The fourth-order valence-corrected chi connectivity index (χ4v) is 3.22. The molecule has 7 heteroatoms. The van der Waals surface area contributed by atoms with Crippen LogP contribution in [-0.2, 0) is 13.1 Å². The third-order valence-corrected chi connectivity index (χ3v) is 4.66. The Hall–Kier alpha value is -1.08. The highest BCUT2D eigenvalue weighted by atomic mass is 19.3. The molecule has 1 aliphatic heterocycles. The molecule has 2 fully saturated rings. The Bertz CT molecular complexity index is 486. The Morgan fingerprint density at radius 2 is 1.90 bits per heavy atom. The molecule has 1 aromatic heterocycles. The molecular formula is C14H23F2N5. The number of alkyl halides is 2. The van der Waals surface area contributed by atoms with Crippen molar-refractivity contribution >= 4 is 0 Å². The summed E-state index contributed by atoms with van der Waals surface area (Å²) >= 11 is 0. The summed E-state index contributed by atoms with van der Waals surface area (Å²) in [5.74, 6) is -0.191. The fourth-order valence-electron chi connectivity index (χ4n) is 3.22. The Labute approximate surface area is 123 Å². The van der Waals surface area contributed by atoms with Gasteiger partial charge in [0, 0.05) is 44.4 Å². The Balaban J connectivity index is 1.66. The first-order valence-corrected chi connectivity index (χ1v) is 7.76. The van der Waals surface area contributed by atoms with Gasteiger partial charge in [-0.1, -0.05) is 0 Å². The van der Waals surface area contributed by atoms with Gasteiger partial charge in [0.15, 0.2) is 0 Å². The van der Waals surface area contributed by atoms with Crippen LogP contribution in [0, 0.1) is 0 Å². The lowest BCUT2D eigenvalue weighted by Gasteiger charge is -2.32. The van der Waals surface area contributed by atoms with Crippen molar-refractivity contribution in [1.82, 2.24) is 19.7 Å². The largest absolute Gasteiger partial charge is 0.328 e. The monoisotopic (exact) mass is 299 g/mol. The number of hydrogen-bond acceptors (Lipinski definition) is 4. The molecule has 3 rings (SSSR count). The fraction of sp³-hybridized carbons (Fsp3) is 0.857. The molecule has 21 heavy (non-hydrogen) atoms. The van der Waals surface area contributed by atoms with Crippen molar-refractivity contribution in [2.24, 2.45) is 5.73 Å². The molecule has 2 aliphatic rings. The van der Waals surface area contributed by atoms with E-state index in [-0.39, 0.29) is 18.9 Å². The predicted molar refractivity (Wildman–Crippen MR) is 75.1 cm³/mol. The van der Waals surface area contributed by atoms with Crippen LogP contribution in [0.25, 0.3) is 0 Å². The highest BCUT2D eigenvalue weighted by Gasteiger charge is 2.35. The van der Waals surface area contributed by atoms with E-state index in [4.69, 9.17) is 5.73 Å². The van der Waals surface area contributed by atoms with E-state index >= 15 is 0 Å². The van der Waals surface area contributed by atoms with Crippen LogP contribution in [0.3, 0.4) is 0 Å². The van der Waals surface area contributed by atoms with Gasteiger partial charge in [-0.2, -0.15) is 0 Å². The molecular weight excluding hydrogens is 276 g/mol. The van der Waals surface area contributed by atoms with Crippen LogP contribution in [0.15, 0.2) is 0 Å². The van der Waals surface area contributed by atoms with Crippen molar-refractivity contribution in [1.29, 1.82) is 0 Å². The van der Waals surface area contributed by atoms with E-state index in [1.807, 2.05) is 4.90 Å². The molecule has 0 radical (unpaired) electrons. The number of piperidine rings is 1. The molecule has 0 amide bonds. The molecule has 0 spiro atoms. The molecule has 0 unspecified atom stereocenters. The summed E-state index contributed by atoms with van der Waals surface area (Å²) in [5, 5.41) is 8.61. The second kappa shape index (κ2) is 5.61. The molecule has 0 aromatic carbocycles. The summed E-state index contributed by atoms with van der Waals surface area (Å²) in [7, 11) is 0. The SMILES string of the molecule is CCn1c(CN2CCC(F)(F)CC2)nnc1C1CC(N)C1. The van der Waals surface area contributed by atoms with Crippen LogP contribution in [0.4, 0.5) is 8.78 Å². The average molecular weight is 299 g/mol. The van der Waals surface area contributed by atoms with Gasteiger partial charge in [0.05, 0.1) is 6.54 Å².